The number of rotatable bonds is 5. The van der Waals surface area contributed by atoms with Crippen molar-refractivity contribution in [3.63, 3.8) is 0 Å². The maximum atomic E-state index is 12.5. The van der Waals surface area contributed by atoms with Gasteiger partial charge in [-0.15, -0.1) is 11.3 Å². The van der Waals surface area contributed by atoms with E-state index in [4.69, 9.17) is 4.74 Å². The molecule has 6 nitrogen and oxygen atoms in total. The Morgan fingerprint density at radius 3 is 2.74 bits per heavy atom. The van der Waals surface area contributed by atoms with Gasteiger partial charge in [0.15, 0.2) is 6.61 Å². The molecule has 0 aliphatic rings. The Labute approximate surface area is 161 Å². The van der Waals surface area contributed by atoms with E-state index in [9.17, 15) is 9.59 Å². The molecule has 1 aromatic carbocycles. The lowest BCUT2D eigenvalue weighted by atomic mass is 9.86. The molecule has 2 aromatic heterocycles. The van der Waals surface area contributed by atoms with Crippen LogP contribution in [0, 0.1) is 0 Å². The highest BCUT2D eigenvalue weighted by Gasteiger charge is 2.19. The third-order valence-corrected chi connectivity index (χ3v) is 5.34. The van der Waals surface area contributed by atoms with Crippen LogP contribution < -0.4 is 15.7 Å². The van der Waals surface area contributed by atoms with Gasteiger partial charge in [0.2, 0.25) is 0 Å². The molecule has 0 aliphatic heterocycles. The Hall–Kier alpha value is -2.67. The summed E-state index contributed by atoms with van der Waals surface area (Å²) in [6.45, 7) is 8.09. The number of aromatic nitrogens is 2. The minimum atomic E-state index is -0.423. The zero-order chi connectivity index (χ0) is 19.6. The van der Waals surface area contributed by atoms with Gasteiger partial charge in [0.05, 0.1) is 5.39 Å². The number of hydrogen-bond donors (Lipinski definition) is 1. The Morgan fingerprint density at radius 2 is 2.04 bits per heavy atom. The zero-order valence-corrected chi connectivity index (χ0v) is 16.7. The minimum absolute atomic E-state index is 0.102. The normalized spacial score (nSPS) is 11.6. The lowest BCUT2D eigenvalue weighted by molar-refractivity contribution is -0.119. The lowest BCUT2D eigenvalue weighted by Crippen LogP contribution is -2.35. The second-order valence-corrected chi connectivity index (χ2v) is 8.39. The first kappa shape index (κ1) is 19.1. The average molecular weight is 385 g/mol. The zero-order valence-electron chi connectivity index (χ0n) is 15.9. The third kappa shape index (κ3) is 4.19. The van der Waals surface area contributed by atoms with Crippen LogP contribution in [0.3, 0.4) is 0 Å². The van der Waals surface area contributed by atoms with Crippen LogP contribution >= 0.6 is 11.3 Å². The summed E-state index contributed by atoms with van der Waals surface area (Å²) in [5.41, 5.74) is 3.16. The van der Waals surface area contributed by atoms with Gasteiger partial charge in [-0.05, 0) is 29.5 Å². The second-order valence-electron chi connectivity index (χ2n) is 7.27. The summed E-state index contributed by atoms with van der Waals surface area (Å²) in [7, 11) is 0. The van der Waals surface area contributed by atoms with Gasteiger partial charge in [-0.2, -0.15) is 0 Å². The van der Waals surface area contributed by atoms with Crippen LogP contribution in [0.15, 0.2) is 41.5 Å². The van der Waals surface area contributed by atoms with Crippen molar-refractivity contribution in [3.8, 4) is 5.75 Å². The number of nitrogens with zero attached hydrogens (tertiary/aromatic N) is 2. The highest BCUT2D eigenvalue weighted by molar-refractivity contribution is 7.18. The van der Waals surface area contributed by atoms with Gasteiger partial charge in [-0.3, -0.25) is 15.0 Å². The summed E-state index contributed by atoms with van der Waals surface area (Å²) in [5, 5.41) is 0.513. The summed E-state index contributed by atoms with van der Waals surface area (Å²) in [5.74, 6) is 0.236. The number of carbonyl (C=O) groups excluding carboxylic acids is 1. The fraction of sp³-hybridized carbons (Fsp3) is 0.350. The van der Waals surface area contributed by atoms with Crippen LogP contribution in [0.2, 0.25) is 0 Å². The van der Waals surface area contributed by atoms with E-state index in [1.165, 1.54) is 17.7 Å². The summed E-state index contributed by atoms with van der Waals surface area (Å²) in [6.07, 6.45) is 2.18. The number of amides is 1. The number of thiophene rings is 1. The number of nitrogens with one attached hydrogen (secondary N) is 1. The molecule has 27 heavy (non-hydrogen) atoms. The summed E-state index contributed by atoms with van der Waals surface area (Å²) in [6, 6.07) is 9.46. The Balaban J connectivity index is 1.73. The van der Waals surface area contributed by atoms with Gasteiger partial charge in [0, 0.05) is 4.88 Å². The Bertz CT molecular complexity index is 1030. The smallest absolute Gasteiger partial charge is 0.280 e. The largest absolute Gasteiger partial charge is 0.483 e. The number of carbonyl (C=O) groups is 1. The van der Waals surface area contributed by atoms with Gasteiger partial charge >= 0.3 is 0 Å². The maximum absolute atomic E-state index is 12.5. The van der Waals surface area contributed by atoms with Gasteiger partial charge in [-0.1, -0.05) is 45.9 Å². The highest BCUT2D eigenvalue weighted by Crippen LogP contribution is 2.30. The van der Waals surface area contributed by atoms with Crippen molar-refractivity contribution in [2.24, 2.45) is 0 Å². The predicted octanol–water partition coefficient (Wildman–Crippen LogP) is 3.47. The SMILES string of the molecule is CCc1cc2c(=O)n(NC(=O)COc3ccccc3C(C)(C)C)cnc2s1. The fourth-order valence-electron chi connectivity index (χ4n) is 2.75. The van der Waals surface area contributed by atoms with Crippen LogP contribution in [-0.2, 0) is 16.6 Å². The molecule has 7 heteroatoms. The van der Waals surface area contributed by atoms with E-state index in [2.05, 4.69) is 31.2 Å². The molecule has 3 aromatic rings. The summed E-state index contributed by atoms with van der Waals surface area (Å²) >= 11 is 1.49. The van der Waals surface area contributed by atoms with E-state index in [1.54, 1.807) is 0 Å². The topological polar surface area (TPSA) is 73.2 Å². The van der Waals surface area contributed by atoms with Crippen molar-refractivity contribution in [2.75, 3.05) is 12.0 Å². The molecular formula is C20H23N3O3S. The molecule has 0 saturated heterocycles. The van der Waals surface area contributed by atoms with Crippen LogP contribution in [0.1, 0.15) is 38.1 Å². The predicted molar refractivity (Wildman–Crippen MR) is 108 cm³/mol. The third-order valence-electron chi connectivity index (χ3n) is 4.15. The monoisotopic (exact) mass is 385 g/mol. The molecule has 0 bridgehead atoms. The van der Waals surface area contributed by atoms with E-state index in [0.29, 0.717) is 16.0 Å². The van der Waals surface area contributed by atoms with Gasteiger partial charge in [0.1, 0.15) is 16.9 Å². The fourth-order valence-corrected chi connectivity index (χ4v) is 3.67. The second kappa shape index (κ2) is 7.52. The van der Waals surface area contributed by atoms with Gasteiger partial charge in [-0.25, -0.2) is 9.66 Å². The summed E-state index contributed by atoms with van der Waals surface area (Å²) in [4.78, 5) is 30.8. The van der Waals surface area contributed by atoms with E-state index in [-0.39, 0.29) is 17.6 Å². The van der Waals surface area contributed by atoms with Crippen LogP contribution in [0.25, 0.3) is 10.2 Å². The first-order valence-electron chi connectivity index (χ1n) is 8.82. The molecule has 1 N–H and O–H groups in total. The van der Waals surface area contributed by atoms with E-state index in [1.807, 2.05) is 37.3 Å². The minimum Gasteiger partial charge on any atom is -0.483 e. The van der Waals surface area contributed by atoms with Crippen molar-refractivity contribution >= 4 is 27.5 Å². The first-order valence-corrected chi connectivity index (χ1v) is 9.63. The van der Waals surface area contributed by atoms with E-state index < -0.39 is 5.91 Å². The number of aryl methyl sites for hydroxylation is 1. The molecule has 0 fully saturated rings. The van der Waals surface area contributed by atoms with Crippen LogP contribution in [0.4, 0.5) is 0 Å². The standard InChI is InChI=1S/C20H23N3O3S/c1-5-13-10-14-18(27-13)21-12-23(19(14)25)22-17(24)11-26-16-9-7-6-8-15(16)20(2,3)4/h6-10,12H,5,11H2,1-4H3,(H,22,24). The molecule has 0 aliphatic carbocycles. The van der Waals surface area contributed by atoms with E-state index >= 15 is 0 Å². The molecule has 0 unspecified atom stereocenters. The summed E-state index contributed by atoms with van der Waals surface area (Å²) < 4.78 is 6.81. The average Bonchev–Trinajstić information content (AvgIpc) is 3.06. The van der Waals surface area contributed by atoms with Crippen molar-refractivity contribution in [2.45, 2.75) is 39.5 Å². The number of fused-ring (bicyclic) bond motifs is 1. The molecule has 2 heterocycles. The van der Waals surface area contributed by atoms with E-state index in [0.717, 1.165) is 21.5 Å². The molecule has 142 valence electrons. The van der Waals surface area contributed by atoms with Crippen molar-refractivity contribution in [3.05, 3.63) is 57.5 Å². The van der Waals surface area contributed by atoms with Crippen LogP contribution in [0.5, 0.6) is 5.75 Å². The molecule has 3 rings (SSSR count). The molecule has 0 radical (unpaired) electrons. The number of hydrogen-bond acceptors (Lipinski definition) is 5. The molecule has 0 spiro atoms. The van der Waals surface area contributed by atoms with Gasteiger partial charge < -0.3 is 4.74 Å². The maximum Gasteiger partial charge on any atom is 0.280 e. The molecule has 0 atom stereocenters. The Morgan fingerprint density at radius 1 is 1.30 bits per heavy atom. The van der Waals surface area contributed by atoms with Crippen LogP contribution in [-0.4, -0.2) is 22.2 Å². The molecule has 1 amide bonds. The quantitative estimate of drug-likeness (QED) is 0.730. The Kier molecular flexibility index (Phi) is 5.32. The highest BCUT2D eigenvalue weighted by atomic mass is 32.1. The lowest BCUT2D eigenvalue weighted by Gasteiger charge is -2.22. The number of para-hydroxylation sites is 1. The molecular weight excluding hydrogens is 362 g/mol. The number of benzene rings is 1. The first-order chi connectivity index (χ1) is 12.8. The van der Waals surface area contributed by atoms with Gasteiger partial charge in [0.25, 0.3) is 11.5 Å². The van der Waals surface area contributed by atoms with Crippen molar-refractivity contribution < 1.29 is 9.53 Å². The van der Waals surface area contributed by atoms with Crippen molar-refractivity contribution in [1.29, 1.82) is 0 Å². The molecule has 0 saturated carbocycles. The number of ether oxygens (including phenoxy) is 1. The van der Waals surface area contributed by atoms with Crippen molar-refractivity contribution in [1.82, 2.24) is 9.66 Å².